The van der Waals surface area contributed by atoms with Crippen molar-refractivity contribution in [2.24, 2.45) is 5.73 Å². The summed E-state index contributed by atoms with van der Waals surface area (Å²) in [6, 6.07) is 2.37. The highest BCUT2D eigenvalue weighted by Crippen LogP contribution is 2.18. The molecule has 1 saturated heterocycles. The summed E-state index contributed by atoms with van der Waals surface area (Å²) in [5, 5.41) is 6.68. The van der Waals surface area contributed by atoms with Crippen molar-refractivity contribution >= 4 is 11.8 Å². The van der Waals surface area contributed by atoms with Gasteiger partial charge in [0.15, 0.2) is 0 Å². The van der Waals surface area contributed by atoms with Gasteiger partial charge in [-0.05, 0) is 25.7 Å². The predicted molar refractivity (Wildman–Crippen MR) is 77.5 cm³/mol. The van der Waals surface area contributed by atoms with Crippen LogP contribution in [0.25, 0.3) is 0 Å². The van der Waals surface area contributed by atoms with Crippen molar-refractivity contribution in [3.63, 3.8) is 0 Å². The minimum Gasteiger partial charge on any atom is -0.338 e. The van der Waals surface area contributed by atoms with Crippen molar-refractivity contribution in [3.8, 4) is 0 Å². The Hall–Kier alpha value is -1.40. The Morgan fingerprint density at radius 2 is 2.40 bits per heavy atom. The SMILES string of the molecule is CC(C)c1cc(NC(=O)CN2CCC(N)CC2C)on1. The predicted octanol–water partition coefficient (Wildman–Crippen LogP) is 1.55. The molecule has 0 aliphatic carbocycles. The number of nitrogens with zero attached hydrogens (tertiary/aromatic N) is 2. The second kappa shape index (κ2) is 6.37. The van der Waals surface area contributed by atoms with Crippen LogP contribution in [0.2, 0.25) is 0 Å². The molecule has 1 amide bonds. The summed E-state index contributed by atoms with van der Waals surface area (Å²) >= 11 is 0. The van der Waals surface area contributed by atoms with Crippen molar-refractivity contribution in [1.29, 1.82) is 0 Å². The highest BCUT2D eigenvalue weighted by molar-refractivity contribution is 5.91. The number of aromatic nitrogens is 1. The van der Waals surface area contributed by atoms with Gasteiger partial charge in [0.05, 0.1) is 12.2 Å². The van der Waals surface area contributed by atoms with Gasteiger partial charge in [0.2, 0.25) is 11.8 Å². The van der Waals surface area contributed by atoms with E-state index in [2.05, 4.69) is 22.3 Å². The lowest BCUT2D eigenvalue weighted by Crippen LogP contribution is -2.48. The molecular weight excluding hydrogens is 256 g/mol. The standard InChI is InChI=1S/C14H24N4O2/c1-9(2)12-7-14(20-17-12)16-13(19)8-18-5-4-11(15)6-10(18)3/h7,9-11H,4-6,8,15H2,1-3H3,(H,16,19). The van der Waals surface area contributed by atoms with Crippen LogP contribution in [0.4, 0.5) is 5.88 Å². The number of rotatable bonds is 4. The van der Waals surface area contributed by atoms with Crippen LogP contribution in [0.1, 0.15) is 45.2 Å². The molecule has 0 aromatic carbocycles. The first kappa shape index (κ1) is 15.0. The van der Waals surface area contributed by atoms with Crippen molar-refractivity contribution in [3.05, 3.63) is 11.8 Å². The van der Waals surface area contributed by atoms with Crippen LogP contribution in [0.5, 0.6) is 0 Å². The van der Waals surface area contributed by atoms with E-state index >= 15 is 0 Å². The van der Waals surface area contributed by atoms with Gasteiger partial charge in [-0.15, -0.1) is 0 Å². The van der Waals surface area contributed by atoms with Crippen LogP contribution in [-0.4, -0.2) is 41.1 Å². The highest BCUT2D eigenvalue weighted by atomic mass is 16.5. The van der Waals surface area contributed by atoms with Gasteiger partial charge in [-0.1, -0.05) is 19.0 Å². The largest absolute Gasteiger partial charge is 0.338 e. The third-order valence-electron chi connectivity index (χ3n) is 3.78. The second-order valence-electron chi connectivity index (χ2n) is 5.92. The molecule has 0 bridgehead atoms. The van der Waals surface area contributed by atoms with E-state index < -0.39 is 0 Å². The minimum atomic E-state index is -0.0706. The first-order chi connectivity index (χ1) is 9.45. The Labute approximate surface area is 119 Å². The van der Waals surface area contributed by atoms with E-state index in [1.165, 1.54) is 0 Å². The Bertz CT molecular complexity index is 458. The number of nitrogens with one attached hydrogen (secondary N) is 1. The summed E-state index contributed by atoms with van der Waals surface area (Å²) in [6.07, 6.45) is 1.88. The van der Waals surface area contributed by atoms with Crippen LogP contribution >= 0.6 is 0 Å². The summed E-state index contributed by atoms with van der Waals surface area (Å²) in [5.41, 5.74) is 6.77. The van der Waals surface area contributed by atoms with Gasteiger partial charge in [-0.2, -0.15) is 0 Å². The van der Waals surface area contributed by atoms with Gasteiger partial charge in [0, 0.05) is 24.7 Å². The molecule has 6 heteroatoms. The second-order valence-corrected chi connectivity index (χ2v) is 5.92. The number of amides is 1. The molecule has 0 radical (unpaired) electrons. The van der Waals surface area contributed by atoms with E-state index in [0.717, 1.165) is 25.1 Å². The summed E-state index contributed by atoms with van der Waals surface area (Å²) in [5.74, 6) is 0.631. The molecule has 2 atom stereocenters. The van der Waals surface area contributed by atoms with E-state index in [9.17, 15) is 4.79 Å². The molecule has 6 nitrogen and oxygen atoms in total. The lowest BCUT2D eigenvalue weighted by atomic mass is 9.99. The van der Waals surface area contributed by atoms with E-state index in [1.54, 1.807) is 6.07 Å². The Balaban J connectivity index is 1.85. The Morgan fingerprint density at radius 1 is 1.65 bits per heavy atom. The zero-order valence-corrected chi connectivity index (χ0v) is 12.4. The molecule has 1 aliphatic rings. The number of carbonyl (C=O) groups excluding carboxylic acids is 1. The molecule has 1 fully saturated rings. The fraction of sp³-hybridized carbons (Fsp3) is 0.714. The molecule has 2 unspecified atom stereocenters. The maximum atomic E-state index is 12.0. The number of hydrogen-bond donors (Lipinski definition) is 2. The molecule has 20 heavy (non-hydrogen) atoms. The number of nitrogens with two attached hydrogens (primary N) is 1. The van der Waals surface area contributed by atoms with Crippen LogP contribution in [0.15, 0.2) is 10.6 Å². The molecule has 0 saturated carbocycles. The molecule has 2 rings (SSSR count). The van der Waals surface area contributed by atoms with E-state index in [1.807, 2.05) is 13.8 Å². The number of hydrogen-bond acceptors (Lipinski definition) is 5. The van der Waals surface area contributed by atoms with Gasteiger partial charge >= 0.3 is 0 Å². The van der Waals surface area contributed by atoms with Crippen molar-refractivity contribution in [1.82, 2.24) is 10.1 Å². The van der Waals surface area contributed by atoms with Gasteiger partial charge in [0.1, 0.15) is 0 Å². The van der Waals surface area contributed by atoms with Gasteiger partial charge in [0.25, 0.3) is 0 Å². The van der Waals surface area contributed by atoms with Crippen LogP contribution in [0.3, 0.4) is 0 Å². The van der Waals surface area contributed by atoms with E-state index in [4.69, 9.17) is 10.3 Å². The zero-order valence-electron chi connectivity index (χ0n) is 12.4. The first-order valence-corrected chi connectivity index (χ1v) is 7.21. The van der Waals surface area contributed by atoms with Crippen molar-refractivity contribution in [2.45, 2.75) is 51.6 Å². The molecule has 1 aromatic heterocycles. The number of carbonyl (C=O) groups is 1. The van der Waals surface area contributed by atoms with Crippen molar-refractivity contribution in [2.75, 3.05) is 18.4 Å². The summed E-state index contributed by atoms with van der Waals surface area (Å²) in [4.78, 5) is 14.2. The van der Waals surface area contributed by atoms with Crippen LogP contribution in [-0.2, 0) is 4.79 Å². The average molecular weight is 280 g/mol. The third kappa shape index (κ3) is 3.80. The van der Waals surface area contributed by atoms with E-state index in [-0.39, 0.29) is 17.9 Å². The molecule has 0 spiro atoms. The van der Waals surface area contributed by atoms with Crippen molar-refractivity contribution < 1.29 is 9.32 Å². The lowest BCUT2D eigenvalue weighted by molar-refractivity contribution is -0.118. The van der Waals surface area contributed by atoms with Crippen LogP contribution < -0.4 is 11.1 Å². The average Bonchev–Trinajstić information content (AvgIpc) is 2.81. The molecule has 3 N–H and O–H groups in total. The Kier molecular flexibility index (Phi) is 4.77. The smallest absolute Gasteiger partial charge is 0.240 e. The molecular formula is C14H24N4O2. The monoisotopic (exact) mass is 280 g/mol. The van der Waals surface area contributed by atoms with Gasteiger partial charge in [-0.25, -0.2) is 0 Å². The highest BCUT2D eigenvalue weighted by Gasteiger charge is 2.25. The summed E-state index contributed by atoms with van der Waals surface area (Å²) in [6.45, 7) is 7.40. The fourth-order valence-electron chi connectivity index (χ4n) is 2.47. The van der Waals surface area contributed by atoms with Gasteiger partial charge in [-0.3, -0.25) is 15.0 Å². The van der Waals surface area contributed by atoms with Gasteiger partial charge < -0.3 is 10.3 Å². The lowest BCUT2D eigenvalue weighted by Gasteiger charge is -2.35. The maximum Gasteiger partial charge on any atom is 0.240 e. The zero-order chi connectivity index (χ0) is 14.7. The third-order valence-corrected chi connectivity index (χ3v) is 3.78. The maximum absolute atomic E-state index is 12.0. The Morgan fingerprint density at radius 3 is 3.00 bits per heavy atom. The molecule has 112 valence electrons. The summed E-state index contributed by atoms with van der Waals surface area (Å²) in [7, 11) is 0. The number of piperidine rings is 1. The first-order valence-electron chi connectivity index (χ1n) is 7.21. The molecule has 1 aromatic rings. The van der Waals surface area contributed by atoms with E-state index in [0.29, 0.717) is 18.5 Å². The minimum absolute atomic E-state index is 0.0706. The topological polar surface area (TPSA) is 84.4 Å². The number of likely N-dealkylation sites (tertiary alicyclic amines) is 1. The number of anilines is 1. The quantitative estimate of drug-likeness (QED) is 0.874. The fourth-order valence-corrected chi connectivity index (χ4v) is 2.47. The molecule has 2 heterocycles. The molecule has 1 aliphatic heterocycles. The van der Waals surface area contributed by atoms with Crippen LogP contribution in [0, 0.1) is 0 Å². The summed E-state index contributed by atoms with van der Waals surface area (Å²) < 4.78 is 5.11. The normalized spacial score (nSPS) is 24.1.